The third kappa shape index (κ3) is 6.00. The quantitative estimate of drug-likeness (QED) is 0.264. The molecule has 0 bridgehead atoms. The molecule has 0 aliphatic carbocycles. The molecule has 41 heavy (non-hydrogen) atoms. The third-order valence-corrected chi connectivity index (χ3v) is 9.72. The molecule has 1 N–H and O–H groups in total. The lowest BCUT2D eigenvalue weighted by molar-refractivity contribution is 0.0242. The predicted octanol–water partition coefficient (Wildman–Crippen LogP) is 6.99. The first kappa shape index (κ1) is 28.2. The summed E-state index contributed by atoms with van der Waals surface area (Å²) >= 11 is 12.4. The van der Waals surface area contributed by atoms with Crippen LogP contribution in [0, 0.1) is 11.8 Å². The fourth-order valence-electron chi connectivity index (χ4n) is 6.69. The first-order valence-corrected chi connectivity index (χ1v) is 15.3. The number of rotatable bonds is 6. The van der Waals surface area contributed by atoms with Crippen molar-refractivity contribution < 1.29 is 9.90 Å². The molecule has 6 rings (SSSR count). The summed E-state index contributed by atoms with van der Waals surface area (Å²) in [6, 6.07) is 24.2. The molecule has 2 atom stereocenters. The summed E-state index contributed by atoms with van der Waals surface area (Å²) in [4.78, 5) is 23.3. The molecule has 2 aliphatic heterocycles. The Kier molecular flexibility index (Phi) is 8.59. The standard InChI is InChI=1S/C34H35Cl2N3O2/c35-30-11-10-23(19-31(30)36)18-25-12-15-39(21-26(25)22-40)27-13-16-38(17-14-27)34(41)33-28-8-4-5-9-32(28)37-20-29(33)24-6-2-1-3-7-24/h1-11,19-20,25-27,40H,12-18,21-22H2/t25?,26-/m0/s1. The van der Waals surface area contributed by atoms with E-state index in [1.54, 1.807) is 0 Å². The largest absolute Gasteiger partial charge is 0.396 e. The lowest BCUT2D eigenvalue weighted by Gasteiger charge is -2.44. The average Bonchev–Trinajstić information content (AvgIpc) is 3.02. The van der Waals surface area contributed by atoms with Crippen LogP contribution in [0.4, 0.5) is 0 Å². The van der Waals surface area contributed by atoms with E-state index in [0.29, 0.717) is 22.0 Å². The van der Waals surface area contributed by atoms with Crippen molar-refractivity contribution in [2.24, 2.45) is 11.8 Å². The van der Waals surface area contributed by atoms with Gasteiger partial charge in [0, 0.05) is 49.4 Å². The van der Waals surface area contributed by atoms with Gasteiger partial charge in [0.25, 0.3) is 5.91 Å². The number of aromatic nitrogens is 1. The number of carbonyl (C=O) groups excluding carboxylic acids is 1. The first-order chi connectivity index (χ1) is 20.0. The van der Waals surface area contributed by atoms with Gasteiger partial charge in [-0.15, -0.1) is 0 Å². The van der Waals surface area contributed by atoms with Gasteiger partial charge >= 0.3 is 0 Å². The first-order valence-electron chi connectivity index (χ1n) is 14.5. The molecule has 2 saturated heterocycles. The van der Waals surface area contributed by atoms with Gasteiger partial charge in [0.2, 0.25) is 0 Å². The zero-order valence-corrected chi connectivity index (χ0v) is 24.6. The van der Waals surface area contributed by atoms with Crippen molar-refractivity contribution in [2.45, 2.75) is 31.7 Å². The molecular weight excluding hydrogens is 553 g/mol. The van der Waals surface area contributed by atoms with Gasteiger partial charge in [-0.25, -0.2) is 0 Å². The number of hydrogen-bond acceptors (Lipinski definition) is 4. The van der Waals surface area contributed by atoms with Gasteiger partial charge in [-0.3, -0.25) is 14.7 Å². The highest BCUT2D eigenvalue weighted by atomic mass is 35.5. The van der Waals surface area contributed by atoms with Gasteiger partial charge in [-0.05, 0) is 73.4 Å². The van der Waals surface area contributed by atoms with Crippen LogP contribution >= 0.6 is 23.2 Å². The van der Waals surface area contributed by atoms with Crippen LogP contribution < -0.4 is 0 Å². The number of likely N-dealkylation sites (tertiary alicyclic amines) is 2. The summed E-state index contributed by atoms with van der Waals surface area (Å²) in [5.41, 5.74) is 4.63. The van der Waals surface area contributed by atoms with E-state index in [4.69, 9.17) is 23.2 Å². The number of hydrogen-bond donors (Lipinski definition) is 1. The van der Waals surface area contributed by atoms with Gasteiger partial charge in [0.1, 0.15) is 0 Å². The lowest BCUT2D eigenvalue weighted by atomic mass is 9.80. The van der Waals surface area contributed by atoms with Crippen LogP contribution in [-0.4, -0.2) is 64.6 Å². The van der Waals surface area contributed by atoms with Crippen LogP contribution in [0.25, 0.3) is 22.0 Å². The number of aliphatic hydroxyl groups excluding tert-OH is 1. The van der Waals surface area contributed by atoms with E-state index in [9.17, 15) is 9.90 Å². The zero-order chi connectivity index (χ0) is 28.3. The maximum Gasteiger partial charge on any atom is 0.255 e. The smallest absolute Gasteiger partial charge is 0.255 e. The summed E-state index contributed by atoms with van der Waals surface area (Å²) in [6.07, 6.45) is 5.64. The van der Waals surface area contributed by atoms with E-state index in [0.717, 1.165) is 79.5 Å². The summed E-state index contributed by atoms with van der Waals surface area (Å²) in [7, 11) is 0. The molecule has 2 fully saturated rings. The van der Waals surface area contributed by atoms with Gasteiger partial charge in [-0.2, -0.15) is 0 Å². The van der Waals surface area contributed by atoms with Crippen molar-refractivity contribution in [1.82, 2.24) is 14.8 Å². The molecule has 1 unspecified atom stereocenters. The Morgan fingerprint density at radius 2 is 1.63 bits per heavy atom. The molecular formula is C34H35Cl2N3O2. The summed E-state index contributed by atoms with van der Waals surface area (Å²) in [6.45, 7) is 3.52. The van der Waals surface area contributed by atoms with Crippen LogP contribution in [0.1, 0.15) is 35.2 Å². The minimum absolute atomic E-state index is 0.0782. The van der Waals surface area contributed by atoms with Crippen LogP contribution in [0.2, 0.25) is 10.0 Å². The van der Waals surface area contributed by atoms with E-state index in [-0.39, 0.29) is 18.4 Å². The number of fused-ring (bicyclic) bond motifs is 1. The number of amides is 1. The monoisotopic (exact) mass is 587 g/mol. The van der Waals surface area contributed by atoms with Gasteiger partial charge in [0.15, 0.2) is 0 Å². The van der Waals surface area contributed by atoms with Crippen molar-refractivity contribution in [3.8, 4) is 11.1 Å². The maximum atomic E-state index is 14.1. The van der Waals surface area contributed by atoms with Crippen molar-refractivity contribution >= 4 is 40.0 Å². The number of nitrogens with zero attached hydrogens (tertiary/aromatic N) is 3. The van der Waals surface area contributed by atoms with Crippen LogP contribution in [-0.2, 0) is 6.42 Å². The molecule has 212 valence electrons. The minimum Gasteiger partial charge on any atom is -0.396 e. The Morgan fingerprint density at radius 3 is 2.39 bits per heavy atom. The normalized spacial score (nSPS) is 20.4. The molecule has 1 aromatic heterocycles. The Bertz CT molecular complexity index is 1520. The van der Waals surface area contributed by atoms with E-state index >= 15 is 0 Å². The molecule has 3 aromatic carbocycles. The highest BCUT2D eigenvalue weighted by Gasteiger charge is 2.35. The van der Waals surface area contributed by atoms with E-state index in [2.05, 4.69) is 9.88 Å². The molecule has 0 saturated carbocycles. The van der Waals surface area contributed by atoms with Crippen LogP contribution in [0.5, 0.6) is 0 Å². The molecule has 1 amide bonds. The van der Waals surface area contributed by atoms with Gasteiger partial charge in [-0.1, -0.05) is 77.8 Å². The average molecular weight is 589 g/mol. The van der Waals surface area contributed by atoms with Crippen LogP contribution in [0.15, 0.2) is 79.0 Å². The predicted molar refractivity (Wildman–Crippen MR) is 167 cm³/mol. The second-order valence-electron chi connectivity index (χ2n) is 11.4. The van der Waals surface area contributed by atoms with E-state index in [1.165, 1.54) is 5.56 Å². The Balaban J connectivity index is 1.13. The van der Waals surface area contributed by atoms with Crippen LogP contribution in [0.3, 0.4) is 0 Å². The van der Waals surface area contributed by atoms with Gasteiger partial charge in [0.05, 0.1) is 21.1 Å². The zero-order valence-electron chi connectivity index (χ0n) is 23.1. The molecule has 4 aromatic rings. The number of piperidine rings is 2. The number of aliphatic hydroxyl groups is 1. The lowest BCUT2D eigenvalue weighted by Crippen LogP contribution is -2.52. The Morgan fingerprint density at radius 1 is 0.878 bits per heavy atom. The van der Waals surface area contributed by atoms with Crippen molar-refractivity contribution in [1.29, 1.82) is 0 Å². The molecule has 0 spiro atoms. The summed E-state index contributed by atoms with van der Waals surface area (Å²) < 4.78 is 0. The highest BCUT2D eigenvalue weighted by Crippen LogP contribution is 2.34. The SMILES string of the molecule is O=C(c1c(-c2ccccc2)cnc2ccccc12)N1CCC(N2CCC(Cc3ccc(Cl)c(Cl)c3)[C@H](CO)C2)CC1. The summed E-state index contributed by atoms with van der Waals surface area (Å²) in [5.74, 6) is 0.704. The fraction of sp³-hybridized carbons (Fsp3) is 0.353. The fourth-order valence-corrected chi connectivity index (χ4v) is 7.01. The second kappa shape index (κ2) is 12.5. The molecule has 0 radical (unpaired) electrons. The summed E-state index contributed by atoms with van der Waals surface area (Å²) in [5, 5.41) is 12.3. The van der Waals surface area contributed by atoms with Gasteiger partial charge < -0.3 is 10.0 Å². The maximum absolute atomic E-state index is 14.1. The number of benzene rings is 3. The number of pyridine rings is 1. The Hall–Kier alpha value is -2.96. The molecule has 2 aliphatic rings. The Labute approximate surface area is 251 Å². The van der Waals surface area contributed by atoms with E-state index in [1.807, 2.05) is 83.9 Å². The number of halogens is 2. The van der Waals surface area contributed by atoms with Crippen molar-refractivity contribution in [3.63, 3.8) is 0 Å². The third-order valence-electron chi connectivity index (χ3n) is 8.98. The van der Waals surface area contributed by atoms with Crippen molar-refractivity contribution in [2.75, 3.05) is 32.8 Å². The molecule has 3 heterocycles. The van der Waals surface area contributed by atoms with Crippen molar-refractivity contribution in [3.05, 3.63) is 100 Å². The number of para-hydroxylation sites is 1. The second-order valence-corrected chi connectivity index (χ2v) is 12.2. The molecule has 5 nitrogen and oxygen atoms in total. The topological polar surface area (TPSA) is 56.7 Å². The highest BCUT2D eigenvalue weighted by molar-refractivity contribution is 6.42. The van der Waals surface area contributed by atoms with E-state index < -0.39 is 0 Å². The molecule has 7 heteroatoms. The number of carbonyl (C=O) groups is 1. The minimum atomic E-state index is 0.0782.